The molecule has 8 rings (SSSR count). The number of halogens is 3. The van der Waals surface area contributed by atoms with Crippen LogP contribution in [0.4, 0.5) is 13.2 Å². The van der Waals surface area contributed by atoms with Gasteiger partial charge in [-0.25, -0.2) is 19.5 Å². The van der Waals surface area contributed by atoms with E-state index in [-0.39, 0.29) is 11.3 Å². The molecule has 12 heteroatoms. The summed E-state index contributed by atoms with van der Waals surface area (Å²) in [5, 5.41) is 4.32. The maximum absolute atomic E-state index is 13.1. The van der Waals surface area contributed by atoms with Gasteiger partial charge in [0, 0.05) is 50.0 Å². The van der Waals surface area contributed by atoms with Crippen LogP contribution in [0.5, 0.6) is 0 Å². The van der Waals surface area contributed by atoms with Crippen molar-refractivity contribution in [3.63, 3.8) is 0 Å². The number of aromatic nitrogens is 9. The Labute approximate surface area is 284 Å². The molecule has 0 aliphatic rings. The lowest BCUT2D eigenvalue weighted by molar-refractivity contribution is -0.142. The molecule has 0 N–H and O–H groups in total. The Hall–Kier alpha value is -6.92. The smallest absolute Gasteiger partial charge is 0.327 e. The van der Waals surface area contributed by atoms with Crippen molar-refractivity contribution in [1.29, 1.82) is 0 Å². The van der Waals surface area contributed by atoms with Gasteiger partial charge in [0.15, 0.2) is 17.3 Å². The fourth-order valence-corrected chi connectivity index (χ4v) is 5.08. The standard InChI is InChI=1S/C20H13F3N4.C18H13N5/c1-26-13-16(14-6-3-2-4-7-14)25-18(26)11-10-15-12-27-17(20(21,22)23)8-5-9-19(27)24-15;1-22-13-15(14-7-3-2-4-8-14)19-17(22)11-10-16-20-18-9-5-6-12-23(18)21-16/h2-9,12-13H,1H3;2-9,12-13H,1H3. The summed E-state index contributed by atoms with van der Waals surface area (Å²) in [6.07, 6.45) is 2.49. The highest BCUT2D eigenvalue weighted by molar-refractivity contribution is 5.60. The molecular formula is C38H26F3N9. The van der Waals surface area contributed by atoms with E-state index in [1.54, 1.807) is 9.08 Å². The Morgan fingerprint density at radius 2 is 1.14 bits per heavy atom. The molecule has 0 saturated carbocycles. The molecule has 6 aromatic heterocycles. The Morgan fingerprint density at radius 3 is 1.74 bits per heavy atom. The number of aryl methyl sites for hydroxylation is 2. The summed E-state index contributed by atoms with van der Waals surface area (Å²) < 4.78 is 45.7. The van der Waals surface area contributed by atoms with Gasteiger partial charge in [0.1, 0.15) is 17.0 Å². The molecule has 0 unspecified atom stereocenters. The fourth-order valence-electron chi connectivity index (χ4n) is 5.08. The molecule has 0 aliphatic heterocycles. The van der Waals surface area contributed by atoms with Crippen LogP contribution in [0, 0.1) is 23.7 Å². The number of fused-ring (bicyclic) bond motifs is 2. The third kappa shape index (κ3) is 6.86. The number of hydrogen-bond donors (Lipinski definition) is 0. The lowest BCUT2D eigenvalue weighted by Gasteiger charge is -2.08. The average Bonchev–Trinajstić information content (AvgIpc) is 3.91. The normalized spacial score (nSPS) is 11.0. The van der Waals surface area contributed by atoms with E-state index in [0.717, 1.165) is 38.6 Å². The summed E-state index contributed by atoms with van der Waals surface area (Å²) in [5.74, 6) is 13.4. The van der Waals surface area contributed by atoms with Gasteiger partial charge in [-0.1, -0.05) is 72.8 Å². The number of nitrogens with zero attached hydrogens (tertiary/aromatic N) is 9. The van der Waals surface area contributed by atoms with E-state index in [1.807, 2.05) is 116 Å². The first kappa shape index (κ1) is 31.7. The largest absolute Gasteiger partial charge is 0.431 e. The van der Waals surface area contributed by atoms with Crippen LogP contribution in [0.2, 0.25) is 0 Å². The lowest BCUT2D eigenvalue weighted by atomic mass is 10.2. The molecule has 0 saturated heterocycles. The summed E-state index contributed by atoms with van der Waals surface area (Å²) >= 11 is 0. The van der Waals surface area contributed by atoms with Crippen molar-refractivity contribution in [2.45, 2.75) is 6.18 Å². The Kier molecular flexibility index (Phi) is 8.42. The molecule has 0 bridgehead atoms. The minimum absolute atomic E-state index is 0.193. The molecule has 2 aromatic carbocycles. The SMILES string of the molecule is Cn1cc(-c2ccccc2)nc1C#Cc1cn2c(C(F)(F)F)cccc2n1.Cn1cc(-c2ccccc2)nc1C#Cc1nc2ccccn2n1. The molecular weight excluding hydrogens is 639 g/mol. The van der Waals surface area contributed by atoms with Gasteiger partial charge in [-0.3, -0.25) is 4.40 Å². The van der Waals surface area contributed by atoms with Crippen LogP contribution in [0.25, 0.3) is 33.8 Å². The van der Waals surface area contributed by atoms with Crippen molar-refractivity contribution in [2.24, 2.45) is 14.1 Å². The van der Waals surface area contributed by atoms with Gasteiger partial charge >= 0.3 is 6.18 Å². The number of rotatable bonds is 2. The number of benzene rings is 2. The third-order valence-corrected chi connectivity index (χ3v) is 7.50. The number of alkyl halides is 3. The first-order chi connectivity index (χ1) is 24.2. The molecule has 0 aliphatic carbocycles. The van der Waals surface area contributed by atoms with Crippen LogP contribution < -0.4 is 0 Å². The summed E-state index contributed by atoms with van der Waals surface area (Å²) in [7, 11) is 3.75. The molecule has 0 fully saturated rings. The van der Waals surface area contributed by atoms with Gasteiger partial charge in [-0.2, -0.15) is 18.2 Å². The van der Waals surface area contributed by atoms with Crippen LogP contribution in [0.1, 0.15) is 28.9 Å². The minimum Gasteiger partial charge on any atom is -0.327 e. The Bertz CT molecular complexity index is 2540. The van der Waals surface area contributed by atoms with Gasteiger partial charge in [-0.15, -0.1) is 5.10 Å². The van der Waals surface area contributed by atoms with Crippen molar-refractivity contribution >= 4 is 11.3 Å². The lowest BCUT2D eigenvalue weighted by Crippen LogP contribution is -2.10. The van der Waals surface area contributed by atoms with E-state index in [2.05, 4.69) is 48.7 Å². The maximum atomic E-state index is 13.1. The molecule has 0 spiro atoms. The van der Waals surface area contributed by atoms with Crippen LogP contribution in [0.15, 0.2) is 122 Å². The highest BCUT2D eigenvalue weighted by Crippen LogP contribution is 2.29. The summed E-state index contributed by atoms with van der Waals surface area (Å²) in [4.78, 5) is 17.6. The Morgan fingerprint density at radius 1 is 0.560 bits per heavy atom. The minimum atomic E-state index is -4.46. The van der Waals surface area contributed by atoms with E-state index in [0.29, 0.717) is 17.5 Å². The molecule has 0 radical (unpaired) electrons. The molecule has 50 heavy (non-hydrogen) atoms. The van der Waals surface area contributed by atoms with Gasteiger partial charge in [0.2, 0.25) is 5.82 Å². The van der Waals surface area contributed by atoms with Crippen molar-refractivity contribution in [2.75, 3.05) is 0 Å². The molecule has 9 nitrogen and oxygen atoms in total. The zero-order valence-corrected chi connectivity index (χ0v) is 26.7. The number of hydrogen-bond acceptors (Lipinski definition) is 5. The Balaban J connectivity index is 0.000000159. The number of pyridine rings is 2. The van der Waals surface area contributed by atoms with Crippen molar-refractivity contribution in [3.8, 4) is 46.2 Å². The maximum Gasteiger partial charge on any atom is 0.431 e. The second-order valence-electron chi connectivity index (χ2n) is 11.1. The highest BCUT2D eigenvalue weighted by Gasteiger charge is 2.33. The molecule has 0 atom stereocenters. The molecule has 244 valence electrons. The monoisotopic (exact) mass is 665 g/mol. The summed E-state index contributed by atoms with van der Waals surface area (Å²) in [5.41, 5.74) is 4.14. The molecule has 8 aromatic rings. The second kappa shape index (κ2) is 13.3. The van der Waals surface area contributed by atoms with Gasteiger partial charge < -0.3 is 9.13 Å². The third-order valence-electron chi connectivity index (χ3n) is 7.50. The first-order valence-electron chi connectivity index (χ1n) is 15.3. The van der Waals surface area contributed by atoms with E-state index in [4.69, 9.17) is 0 Å². The fraction of sp³-hybridized carbons (Fsp3) is 0.0789. The summed E-state index contributed by atoms with van der Waals surface area (Å²) in [6.45, 7) is 0. The second-order valence-corrected chi connectivity index (χ2v) is 11.1. The average molecular weight is 666 g/mol. The van der Waals surface area contributed by atoms with Crippen molar-refractivity contribution in [1.82, 2.24) is 43.1 Å². The molecule has 6 heterocycles. The van der Waals surface area contributed by atoms with Crippen LogP contribution in [-0.4, -0.2) is 43.1 Å². The highest BCUT2D eigenvalue weighted by atomic mass is 19.4. The summed E-state index contributed by atoms with van der Waals surface area (Å²) in [6, 6.07) is 29.3. The number of imidazole rings is 3. The van der Waals surface area contributed by atoms with Crippen molar-refractivity contribution < 1.29 is 13.2 Å². The van der Waals surface area contributed by atoms with Gasteiger partial charge in [0.25, 0.3) is 0 Å². The van der Waals surface area contributed by atoms with Crippen LogP contribution in [0.3, 0.4) is 0 Å². The van der Waals surface area contributed by atoms with Gasteiger partial charge in [0.05, 0.1) is 11.4 Å². The van der Waals surface area contributed by atoms with Crippen LogP contribution >= 0.6 is 0 Å². The topological polar surface area (TPSA) is 83.1 Å². The molecule has 0 amide bonds. The predicted octanol–water partition coefficient (Wildman–Crippen LogP) is 6.68. The quantitative estimate of drug-likeness (QED) is 0.193. The van der Waals surface area contributed by atoms with Gasteiger partial charge in [-0.05, 0) is 47.9 Å². The van der Waals surface area contributed by atoms with Crippen molar-refractivity contribution in [3.05, 3.63) is 151 Å². The first-order valence-corrected chi connectivity index (χ1v) is 15.3. The van der Waals surface area contributed by atoms with Crippen LogP contribution in [-0.2, 0) is 20.3 Å². The zero-order valence-electron chi connectivity index (χ0n) is 26.7. The van der Waals surface area contributed by atoms with E-state index in [9.17, 15) is 13.2 Å². The van der Waals surface area contributed by atoms with E-state index < -0.39 is 11.9 Å². The zero-order chi connectivity index (χ0) is 34.7. The van der Waals surface area contributed by atoms with E-state index in [1.165, 1.54) is 18.3 Å². The predicted molar refractivity (Wildman–Crippen MR) is 182 cm³/mol. The van der Waals surface area contributed by atoms with E-state index >= 15 is 0 Å².